The normalized spacial score (nSPS) is 14.4. The van der Waals surface area contributed by atoms with E-state index in [2.05, 4.69) is 11.4 Å². The average molecular weight is 455 g/mol. The Bertz CT molecular complexity index is 1080. The molecule has 1 amide bonds. The van der Waals surface area contributed by atoms with Gasteiger partial charge in [-0.05, 0) is 49.4 Å². The van der Waals surface area contributed by atoms with Crippen molar-refractivity contribution >= 4 is 73.6 Å². The summed E-state index contributed by atoms with van der Waals surface area (Å²) < 4.78 is 0. The molecule has 8 heteroatoms. The van der Waals surface area contributed by atoms with E-state index in [1.54, 1.807) is 0 Å². The van der Waals surface area contributed by atoms with Crippen LogP contribution in [0.15, 0.2) is 18.2 Å². The minimum atomic E-state index is -0.340. The lowest BCUT2D eigenvalue weighted by molar-refractivity contribution is 0.103. The molecule has 0 fully saturated rings. The Labute approximate surface area is 182 Å². The molecule has 28 heavy (non-hydrogen) atoms. The van der Waals surface area contributed by atoms with Gasteiger partial charge in [-0.2, -0.15) is 0 Å². The number of aromatic nitrogens is 1. The van der Waals surface area contributed by atoms with Crippen LogP contribution < -0.4 is 11.1 Å². The van der Waals surface area contributed by atoms with Crippen molar-refractivity contribution in [2.45, 2.75) is 38.5 Å². The second-order valence-electron chi connectivity index (χ2n) is 6.91. The highest BCUT2D eigenvalue weighted by Crippen LogP contribution is 2.37. The van der Waals surface area contributed by atoms with Crippen LogP contribution in [0, 0.1) is 0 Å². The summed E-state index contributed by atoms with van der Waals surface area (Å²) in [7, 11) is 0. The highest BCUT2D eigenvalue weighted by molar-refractivity contribution is 7.21. The van der Waals surface area contributed by atoms with Crippen molar-refractivity contribution in [3.05, 3.63) is 49.4 Å². The summed E-state index contributed by atoms with van der Waals surface area (Å²) in [6.07, 6.45) is 6.78. The van der Waals surface area contributed by atoms with Gasteiger partial charge in [-0.1, -0.05) is 47.6 Å². The number of fused-ring (bicyclic) bond motifs is 2. The molecule has 0 unspecified atom stereocenters. The van der Waals surface area contributed by atoms with Gasteiger partial charge in [-0.25, -0.2) is 4.98 Å². The molecule has 0 saturated carbocycles. The molecule has 0 spiro atoms. The first-order valence-electron chi connectivity index (χ1n) is 9.10. The quantitative estimate of drug-likeness (QED) is 0.421. The zero-order valence-electron chi connectivity index (χ0n) is 14.9. The number of carbonyl (C=O) groups is 1. The third-order valence-corrected chi connectivity index (χ3v) is 7.11. The topological polar surface area (TPSA) is 68.0 Å². The summed E-state index contributed by atoms with van der Waals surface area (Å²) in [6, 6.07) is 5.13. The first kappa shape index (κ1) is 19.8. The van der Waals surface area contributed by atoms with Gasteiger partial charge < -0.3 is 11.1 Å². The van der Waals surface area contributed by atoms with Crippen molar-refractivity contribution in [3.8, 4) is 0 Å². The van der Waals surface area contributed by atoms with Crippen LogP contribution in [-0.4, -0.2) is 10.9 Å². The molecule has 1 aromatic carbocycles. The van der Waals surface area contributed by atoms with Gasteiger partial charge in [-0.3, -0.25) is 4.79 Å². The Balaban J connectivity index is 1.69. The van der Waals surface area contributed by atoms with Gasteiger partial charge in [0.2, 0.25) is 0 Å². The number of nitrogen functional groups attached to an aromatic ring is 1. The number of thiophene rings is 1. The van der Waals surface area contributed by atoms with E-state index in [0.29, 0.717) is 31.3 Å². The number of nitrogens with zero attached hydrogens (tertiary/aromatic N) is 1. The van der Waals surface area contributed by atoms with Crippen molar-refractivity contribution < 1.29 is 4.79 Å². The smallest absolute Gasteiger partial charge is 0.267 e. The third-order valence-electron chi connectivity index (χ3n) is 4.96. The van der Waals surface area contributed by atoms with E-state index in [-0.39, 0.29) is 5.91 Å². The molecule has 0 aliphatic heterocycles. The van der Waals surface area contributed by atoms with Crippen LogP contribution >= 0.6 is 46.1 Å². The van der Waals surface area contributed by atoms with Crippen LogP contribution in [-0.2, 0) is 12.8 Å². The van der Waals surface area contributed by atoms with Crippen molar-refractivity contribution in [1.82, 2.24) is 4.98 Å². The van der Waals surface area contributed by atoms with Crippen LogP contribution in [0.5, 0.6) is 0 Å². The number of amides is 1. The maximum atomic E-state index is 12.8. The summed E-state index contributed by atoms with van der Waals surface area (Å²) in [4.78, 5) is 18.9. The van der Waals surface area contributed by atoms with Crippen LogP contribution in [0.2, 0.25) is 15.1 Å². The second-order valence-corrected chi connectivity index (χ2v) is 9.13. The number of nitrogens with two attached hydrogens (primary N) is 1. The first-order chi connectivity index (χ1) is 13.4. The standard InChI is InChI=1S/C20H18Cl3N3OS/c21-12-8-14(23)16(9-13(12)22)25-19(27)18-17(24)11-7-10-5-3-1-2-4-6-15(10)26-20(11)28-18/h7-9H,1-6,24H2,(H,25,27). The van der Waals surface area contributed by atoms with Gasteiger partial charge in [-0.15, -0.1) is 11.3 Å². The lowest BCUT2D eigenvalue weighted by atomic mass is 9.96. The zero-order valence-corrected chi connectivity index (χ0v) is 18.0. The second kappa shape index (κ2) is 8.07. The molecule has 1 aliphatic carbocycles. The highest BCUT2D eigenvalue weighted by Gasteiger charge is 2.21. The van der Waals surface area contributed by atoms with Crippen molar-refractivity contribution in [1.29, 1.82) is 0 Å². The number of halogens is 3. The number of anilines is 2. The molecule has 2 aromatic heterocycles. The Morgan fingerprint density at radius 3 is 2.50 bits per heavy atom. The lowest BCUT2D eigenvalue weighted by Crippen LogP contribution is -2.12. The fourth-order valence-electron chi connectivity index (χ4n) is 3.48. The number of nitrogens with one attached hydrogen (secondary N) is 1. The van der Waals surface area contributed by atoms with Crippen molar-refractivity contribution in [2.24, 2.45) is 0 Å². The third kappa shape index (κ3) is 3.81. The molecular formula is C20H18Cl3N3OS. The number of hydrogen-bond donors (Lipinski definition) is 2. The molecule has 4 nitrogen and oxygen atoms in total. The number of benzene rings is 1. The lowest BCUT2D eigenvalue weighted by Gasteiger charge is -2.12. The maximum absolute atomic E-state index is 12.8. The zero-order chi connectivity index (χ0) is 19.8. The van der Waals surface area contributed by atoms with E-state index >= 15 is 0 Å². The van der Waals surface area contributed by atoms with E-state index in [9.17, 15) is 4.79 Å². The van der Waals surface area contributed by atoms with Gasteiger partial charge >= 0.3 is 0 Å². The van der Waals surface area contributed by atoms with E-state index < -0.39 is 0 Å². The molecule has 2 heterocycles. The fraction of sp³-hybridized carbons (Fsp3) is 0.300. The molecule has 3 N–H and O–H groups in total. The Kier molecular flexibility index (Phi) is 5.70. The Morgan fingerprint density at radius 2 is 1.71 bits per heavy atom. The molecule has 0 radical (unpaired) electrons. The Hall–Kier alpha value is -1.53. The number of hydrogen-bond acceptors (Lipinski definition) is 4. The van der Waals surface area contributed by atoms with Gasteiger partial charge in [0.1, 0.15) is 9.71 Å². The number of carbonyl (C=O) groups excluding carboxylic acids is 1. The Morgan fingerprint density at radius 1 is 1.00 bits per heavy atom. The largest absolute Gasteiger partial charge is 0.397 e. The molecular weight excluding hydrogens is 437 g/mol. The number of aryl methyl sites for hydroxylation is 2. The highest BCUT2D eigenvalue weighted by atomic mass is 35.5. The van der Waals surface area contributed by atoms with Crippen molar-refractivity contribution in [3.63, 3.8) is 0 Å². The van der Waals surface area contributed by atoms with Crippen LogP contribution in [0.4, 0.5) is 11.4 Å². The maximum Gasteiger partial charge on any atom is 0.267 e. The summed E-state index contributed by atoms with van der Waals surface area (Å²) in [5.74, 6) is -0.340. The molecule has 0 atom stereocenters. The predicted molar refractivity (Wildman–Crippen MR) is 119 cm³/mol. The minimum absolute atomic E-state index is 0.309. The minimum Gasteiger partial charge on any atom is -0.397 e. The van der Waals surface area contributed by atoms with E-state index in [0.717, 1.165) is 41.6 Å². The number of rotatable bonds is 2. The van der Waals surface area contributed by atoms with Crippen molar-refractivity contribution in [2.75, 3.05) is 11.1 Å². The van der Waals surface area contributed by atoms with Crippen LogP contribution in [0.25, 0.3) is 10.2 Å². The predicted octanol–water partition coefficient (Wildman–Crippen LogP) is 6.75. The molecule has 0 bridgehead atoms. The van der Waals surface area contributed by atoms with Crippen LogP contribution in [0.3, 0.4) is 0 Å². The summed E-state index contributed by atoms with van der Waals surface area (Å²) in [6.45, 7) is 0. The summed E-state index contributed by atoms with van der Waals surface area (Å²) in [5.41, 5.74) is 9.53. The van der Waals surface area contributed by atoms with E-state index in [4.69, 9.17) is 45.5 Å². The van der Waals surface area contributed by atoms with Gasteiger partial charge in [0, 0.05) is 11.1 Å². The monoisotopic (exact) mass is 453 g/mol. The molecule has 3 aromatic rings. The van der Waals surface area contributed by atoms with E-state index in [1.165, 1.54) is 41.9 Å². The van der Waals surface area contributed by atoms with Gasteiger partial charge in [0.25, 0.3) is 5.91 Å². The van der Waals surface area contributed by atoms with Gasteiger partial charge in [0.05, 0.1) is 26.4 Å². The number of pyridine rings is 1. The van der Waals surface area contributed by atoms with E-state index in [1.807, 2.05) is 0 Å². The fourth-order valence-corrected chi connectivity index (χ4v) is 5.06. The first-order valence-corrected chi connectivity index (χ1v) is 11.1. The van der Waals surface area contributed by atoms with Crippen LogP contribution in [0.1, 0.15) is 46.6 Å². The summed E-state index contributed by atoms with van der Waals surface area (Å²) in [5, 5.41) is 4.56. The molecule has 4 rings (SSSR count). The summed E-state index contributed by atoms with van der Waals surface area (Å²) >= 11 is 19.5. The molecule has 1 aliphatic rings. The SMILES string of the molecule is Nc1c(C(=O)Nc2cc(Cl)c(Cl)cc2Cl)sc2nc3c(cc12)CCCCCC3. The van der Waals surface area contributed by atoms with Gasteiger partial charge in [0.15, 0.2) is 0 Å². The average Bonchev–Trinajstić information content (AvgIpc) is 2.95. The molecule has 146 valence electrons. The molecule has 0 saturated heterocycles.